The molecular weight excluding hydrogens is 175 g/mol. The van der Waals surface area contributed by atoms with Gasteiger partial charge in [-0.05, 0) is 35.8 Å². The molecule has 0 radical (unpaired) electrons. The van der Waals surface area contributed by atoms with E-state index in [-0.39, 0.29) is 5.82 Å². The molecule has 70 valence electrons. The lowest BCUT2D eigenvalue weighted by Crippen LogP contribution is -1.85. The van der Waals surface area contributed by atoms with E-state index in [1.807, 2.05) is 24.3 Å². The lowest BCUT2D eigenvalue weighted by atomic mass is 10.0. The normalized spacial score (nSPS) is 16.1. The van der Waals surface area contributed by atoms with E-state index in [0.29, 0.717) is 5.92 Å². The van der Waals surface area contributed by atoms with Gasteiger partial charge in [-0.25, -0.2) is 4.39 Å². The van der Waals surface area contributed by atoms with Crippen molar-refractivity contribution in [2.75, 3.05) is 0 Å². The first-order valence-electron chi connectivity index (χ1n) is 5.03. The van der Waals surface area contributed by atoms with E-state index in [1.165, 1.54) is 18.4 Å². The van der Waals surface area contributed by atoms with E-state index in [1.54, 1.807) is 6.07 Å². The van der Waals surface area contributed by atoms with Crippen molar-refractivity contribution in [1.82, 2.24) is 0 Å². The fourth-order valence-corrected chi connectivity index (χ4v) is 1.94. The summed E-state index contributed by atoms with van der Waals surface area (Å²) in [5.74, 6) is 0.541. The highest BCUT2D eigenvalue weighted by atomic mass is 19.1. The van der Waals surface area contributed by atoms with Crippen molar-refractivity contribution >= 4 is 10.8 Å². The highest BCUT2D eigenvalue weighted by Crippen LogP contribution is 2.41. The monoisotopic (exact) mass is 186 g/mol. The van der Waals surface area contributed by atoms with Crippen LogP contribution in [0.15, 0.2) is 36.4 Å². The molecule has 2 aromatic rings. The van der Waals surface area contributed by atoms with Crippen molar-refractivity contribution in [3.05, 3.63) is 47.8 Å². The van der Waals surface area contributed by atoms with Gasteiger partial charge in [0.15, 0.2) is 0 Å². The Morgan fingerprint density at radius 3 is 2.64 bits per heavy atom. The number of hydrogen-bond acceptors (Lipinski definition) is 0. The Morgan fingerprint density at radius 2 is 1.86 bits per heavy atom. The summed E-state index contributed by atoms with van der Waals surface area (Å²) in [5, 5.41) is 1.76. The number of halogens is 1. The number of benzene rings is 2. The van der Waals surface area contributed by atoms with Crippen LogP contribution in [0.1, 0.15) is 24.3 Å². The van der Waals surface area contributed by atoms with Gasteiger partial charge in [0.1, 0.15) is 5.82 Å². The van der Waals surface area contributed by atoms with Gasteiger partial charge in [0.25, 0.3) is 0 Å². The maximum absolute atomic E-state index is 13.6. The van der Waals surface area contributed by atoms with E-state index in [9.17, 15) is 4.39 Å². The first-order chi connectivity index (χ1) is 6.84. The minimum absolute atomic E-state index is 0.0787. The Morgan fingerprint density at radius 1 is 1.07 bits per heavy atom. The molecule has 0 nitrogen and oxygen atoms in total. The molecule has 0 aliphatic heterocycles. The first kappa shape index (κ1) is 7.98. The quantitative estimate of drug-likeness (QED) is 0.634. The van der Waals surface area contributed by atoms with Gasteiger partial charge in [0, 0.05) is 5.39 Å². The number of hydrogen-bond donors (Lipinski definition) is 0. The SMILES string of the molecule is Fc1cc(C2CC2)cc2ccccc12. The lowest BCUT2D eigenvalue weighted by molar-refractivity contribution is 0.637. The summed E-state index contributed by atoms with van der Waals surface area (Å²) in [6, 6.07) is 11.5. The summed E-state index contributed by atoms with van der Waals surface area (Å²) in [6.45, 7) is 0. The van der Waals surface area contributed by atoms with Gasteiger partial charge >= 0.3 is 0 Å². The molecule has 0 saturated heterocycles. The molecule has 0 spiro atoms. The van der Waals surface area contributed by atoms with Gasteiger partial charge in [0.2, 0.25) is 0 Å². The molecule has 1 aliphatic carbocycles. The van der Waals surface area contributed by atoms with E-state index < -0.39 is 0 Å². The highest BCUT2D eigenvalue weighted by molar-refractivity contribution is 5.83. The smallest absolute Gasteiger partial charge is 0.131 e. The Balaban J connectivity index is 2.27. The molecule has 0 heterocycles. The minimum Gasteiger partial charge on any atom is -0.206 e. The van der Waals surface area contributed by atoms with Gasteiger partial charge in [0.05, 0.1) is 0 Å². The fraction of sp³-hybridized carbons (Fsp3) is 0.231. The predicted octanol–water partition coefficient (Wildman–Crippen LogP) is 3.86. The summed E-state index contributed by atoms with van der Waals surface area (Å²) in [4.78, 5) is 0. The van der Waals surface area contributed by atoms with E-state index in [4.69, 9.17) is 0 Å². The molecular formula is C13H11F. The molecule has 1 fully saturated rings. The molecule has 0 amide bonds. The zero-order valence-corrected chi connectivity index (χ0v) is 7.83. The van der Waals surface area contributed by atoms with Crippen LogP contribution in [0.5, 0.6) is 0 Å². The van der Waals surface area contributed by atoms with Crippen LogP contribution in [0, 0.1) is 5.82 Å². The Labute approximate surface area is 82.4 Å². The minimum atomic E-state index is -0.0787. The second kappa shape index (κ2) is 2.81. The van der Waals surface area contributed by atoms with E-state index >= 15 is 0 Å². The van der Waals surface area contributed by atoms with Crippen molar-refractivity contribution in [2.24, 2.45) is 0 Å². The Bertz CT molecular complexity index is 484. The van der Waals surface area contributed by atoms with Crippen molar-refractivity contribution in [1.29, 1.82) is 0 Å². The predicted molar refractivity (Wildman–Crippen MR) is 55.9 cm³/mol. The van der Waals surface area contributed by atoms with Gasteiger partial charge < -0.3 is 0 Å². The van der Waals surface area contributed by atoms with Crippen LogP contribution >= 0.6 is 0 Å². The molecule has 0 bridgehead atoms. The van der Waals surface area contributed by atoms with Crippen LogP contribution in [-0.4, -0.2) is 0 Å². The number of rotatable bonds is 1. The second-order valence-electron chi connectivity index (χ2n) is 4.00. The average Bonchev–Trinajstić information content (AvgIpc) is 3.01. The molecule has 3 rings (SSSR count). The van der Waals surface area contributed by atoms with Crippen molar-refractivity contribution in [3.8, 4) is 0 Å². The first-order valence-corrected chi connectivity index (χ1v) is 5.03. The van der Waals surface area contributed by atoms with Gasteiger partial charge in [-0.2, -0.15) is 0 Å². The van der Waals surface area contributed by atoms with Crippen LogP contribution in [-0.2, 0) is 0 Å². The standard InChI is InChI=1S/C13H11F/c14-13-8-11(9-5-6-9)7-10-3-1-2-4-12(10)13/h1-4,7-9H,5-6H2. The zero-order valence-electron chi connectivity index (χ0n) is 7.83. The van der Waals surface area contributed by atoms with Crippen LogP contribution in [0.25, 0.3) is 10.8 Å². The van der Waals surface area contributed by atoms with Gasteiger partial charge in [-0.1, -0.05) is 30.3 Å². The third-order valence-corrected chi connectivity index (χ3v) is 2.88. The molecule has 0 aromatic heterocycles. The van der Waals surface area contributed by atoms with Gasteiger partial charge in [-0.15, -0.1) is 0 Å². The van der Waals surface area contributed by atoms with Crippen LogP contribution in [0.2, 0.25) is 0 Å². The van der Waals surface area contributed by atoms with E-state index in [2.05, 4.69) is 6.07 Å². The second-order valence-corrected chi connectivity index (χ2v) is 4.00. The van der Waals surface area contributed by atoms with E-state index in [0.717, 1.165) is 10.8 Å². The third kappa shape index (κ3) is 1.20. The van der Waals surface area contributed by atoms with Gasteiger partial charge in [-0.3, -0.25) is 0 Å². The van der Waals surface area contributed by atoms with Crippen LogP contribution in [0.4, 0.5) is 4.39 Å². The molecule has 0 unspecified atom stereocenters. The molecule has 1 aliphatic rings. The summed E-state index contributed by atoms with van der Waals surface area (Å²) in [7, 11) is 0. The maximum atomic E-state index is 13.6. The molecule has 14 heavy (non-hydrogen) atoms. The van der Waals surface area contributed by atoms with Crippen molar-refractivity contribution < 1.29 is 4.39 Å². The summed E-state index contributed by atoms with van der Waals surface area (Å²) >= 11 is 0. The molecule has 1 heteroatoms. The Kier molecular flexibility index (Phi) is 1.60. The lowest BCUT2D eigenvalue weighted by Gasteiger charge is -2.03. The molecule has 0 atom stereocenters. The zero-order chi connectivity index (χ0) is 9.54. The summed E-state index contributed by atoms with van der Waals surface area (Å²) in [6.07, 6.45) is 2.44. The maximum Gasteiger partial charge on any atom is 0.131 e. The number of fused-ring (bicyclic) bond motifs is 1. The molecule has 0 N–H and O–H groups in total. The largest absolute Gasteiger partial charge is 0.206 e. The summed E-state index contributed by atoms with van der Waals surface area (Å²) in [5.41, 5.74) is 1.17. The van der Waals surface area contributed by atoms with Crippen molar-refractivity contribution in [3.63, 3.8) is 0 Å². The molecule has 1 saturated carbocycles. The average molecular weight is 186 g/mol. The highest BCUT2D eigenvalue weighted by Gasteiger charge is 2.24. The molecule has 2 aromatic carbocycles. The summed E-state index contributed by atoms with van der Waals surface area (Å²) < 4.78 is 13.6. The topological polar surface area (TPSA) is 0 Å². The van der Waals surface area contributed by atoms with Crippen LogP contribution in [0.3, 0.4) is 0 Å². The van der Waals surface area contributed by atoms with Crippen LogP contribution < -0.4 is 0 Å². The fourth-order valence-electron chi connectivity index (χ4n) is 1.94. The van der Waals surface area contributed by atoms with Crippen molar-refractivity contribution in [2.45, 2.75) is 18.8 Å². The Hall–Kier alpha value is -1.37. The third-order valence-electron chi connectivity index (χ3n) is 2.88.